The predicted molar refractivity (Wildman–Crippen MR) is 62.4 cm³/mol. The molecule has 0 saturated carbocycles. The third kappa shape index (κ3) is 1.81. The molecule has 0 aromatic carbocycles. The highest BCUT2D eigenvalue weighted by Crippen LogP contribution is 2.27. The Bertz CT molecular complexity index is 495. The smallest absolute Gasteiger partial charge is 0.274 e. The fourth-order valence-electron chi connectivity index (χ4n) is 1.51. The molecule has 2 aromatic rings. The third-order valence-electron chi connectivity index (χ3n) is 2.23. The molecule has 5 nitrogen and oxygen atoms in total. The van der Waals surface area contributed by atoms with Crippen LogP contribution in [0.1, 0.15) is 22.3 Å². The maximum Gasteiger partial charge on any atom is 0.284 e. The lowest BCUT2D eigenvalue weighted by Crippen LogP contribution is -2.22. The van der Waals surface area contributed by atoms with E-state index in [2.05, 4.69) is 10.6 Å². The SMILES string of the molecule is CCONC(=O)c1cc2c(C)nn(C)c2s1. The summed E-state index contributed by atoms with van der Waals surface area (Å²) in [5.41, 5.74) is 3.31. The molecule has 0 aliphatic carbocycles. The minimum atomic E-state index is -0.206. The average Bonchev–Trinajstić information content (AvgIpc) is 2.79. The highest BCUT2D eigenvalue weighted by Gasteiger charge is 2.14. The summed E-state index contributed by atoms with van der Waals surface area (Å²) in [6.45, 7) is 4.20. The zero-order valence-electron chi connectivity index (χ0n) is 9.40. The van der Waals surface area contributed by atoms with E-state index in [4.69, 9.17) is 4.84 Å². The lowest BCUT2D eigenvalue weighted by Gasteiger charge is -2.00. The topological polar surface area (TPSA) is 56.1 Å². The highest BCUT2D eigenvalue weighted by molar-refractivity contribution is 7.20. The van der Waals surface area contributed by atoms with Crippen molar-refractivity contribution in [2.45, 2.75) is 13.8 Å². The number of aromatic nitrogens is 2. The monoisotopic (exact) mass is 239 g/mol. The Balaban J connectivity index is 2.32. The largest absolute Gasteiger partial charge is 0.284 e. The van der Waals surface area contributed by atoms with Crippen molar-refractivity contribution in [1.82, 2.24) is 15.3 Å². The summed E-state index contributed by atoms with van der Waals surface area (Å²) >= 11 is 1.41. The van der Waals surface area contributed by atoms with Crippen molar-refractivity contribution in [3.63, 3.8) is 0 Å². The van der Waals surface area contributed by atoms with E-state index in [0.717, 1.165) is 15.9 Å². The number of hydrogen-bond donors (Lipinski definition) is 1. The minimum Gasteiger partial charge on any atom is -0.274 e. The molecule has 0 atom stereocenters. The number of rotatable bonds is 3. The van der Waals surface area contributed by atoms with Crippen LogP contribution in [-0.2, 0) is 11.9 Å². The van der Waals surface area contributed by atoms with Crippen molar-refractivity contribution in [3.8, 4) is 0 Å². The molecule has 2 rings (SSSR count). The van der Waals surface area contributed by atoms with Crippen LogP contribution in [0.25, 0.3) is 10.2 Å². The molecule has 6 heteroatoms. The van der Waals surface area contributed by atoms with E-state index in [9.17, 15) is 4.79 Å². The first kappa shape index (κ1) is 11.1. The van der Waals surface area contributed by atoms with Crippen molar-refractivity contribution >= 4 is 27.5 Å². The number of nitrogens with one attached hydrogen (secondary N) is 1. The minimum absolute atomic E-state index is 0.206. The molecule has 2 heterocycles. The number of carbonyl (C=O) groups is 1. The first-order chi connectivity index (χ1) is 7.63. The summed E-state index contributed by atoms with van der Waals surface area (Å²) in [6, 6.07) is 1.84. The number of hydroxylamine groups is 1. The van der Waals surface area contributed by atoms with Gasteiger partial charge in [-0.25, -0.2) is 5.48 Å². The molecule has 0 saturated heterocycles. The fourth-order valence-corrected chi connectivity index (χ4v) is 2.51. The summed E-state index contributed by atoms with van der Waals surface area (Å²) in [5.74, 6) is -0.206. The van der Waals surface area contributed by atoms with Crippen LogP contribution >= 0.6 is 11.3 Å². The van der Waals surface area contributed by atoms with Gasteiger partial charge in [-0.2, -0.15) is 5.10 Å². The standard InChI is InChI=1S/C10H13N3O2S/c1-4-15-12-9(14)8-5-7-6(2)11-13(3)10(7)16-8/h5H,4H2,1-3H3,(H,12,14). The predicted octanol–water partition coefficient (Wildman–Crippen LogP) is 1.62. The van der Waals surface area contributed by atoms with Gasteiger partial charge in [-0.15, -0.1) is 11.3 Å². The van der Waals surface area contributed by atoms with E-state index in [0.29, 0.717) is 11.5 Å². The second-order valence-corrected chi connectivity index (χ2v) is 4.43. The Morgan fingerprint density at radius 3 is 3.06 bits per heavy atom. The van der Waals surface area contributed by atoms with Crippen molar-refractivity contribution in [3.05, 3.63) is 16.6 Å². The molecule has 0 spiro atoms. The second kappa shape index (κ2) is 4.23. The summed E-state index contributed by atoms with van der Waals surface area (Å²) < 4.78 is 1.78. The van der Waals surface area contributed by atoms with Gasteiger partial charge < -0.3 is 0 Å². The molecule has 1 N–H and O–H groups in total. The van der Waals surface area contributed by atoms with Gasteiger partial charge >= 0.3 is 0 Å². The lowest BCUT2D eigenvalue weighted by molar-refractivity contribution is 0.0368. The maximum atomic E-state index is 11.6. The molecule has 0 aliphatic rings. The van der Waals surface area contributed by atoms with E-state index in [1.807, 2.05) is 27.0 Å². The van der Waals surface area contributed by atoms with Crippen LogP contribution in [0, 0.1) is 6.92 Å². The van der Waals surface area contributed by atoms with E-state index in [-0.39, 0.29) is 5.91 Å². The zero-order valence-corrected chi connectivity index (χ0v) is 10.2. The Kier molecular flexibility index (Phi) is 2.93. The summed E-state index contributed by atoms with van der Waals surface area (Å²) in [5, 5.41) is 5.30. The van der Waals surface area contributed by atoms with E-state index in [1.165, 1.54) is 11.3 Å². The van der Waals surface area contributed by atoms with Crippen molar-refractivity contribution in [2.24, 2.45) is 7.05 Å². The third-order valence-corrected chi connectivity index (χ3v) is 3.43. The van der Waals surface area contributed by atoms with Crippen LogP contribution < -0.4 is 5.48 Å². The summed E-state index contributed by atoms with van der Waals surface area (Å²) in [4.78, 5) is 18.1. The molecule has 16 heavy (non-hydrogen) atoms. The number of amides is 1. The zero-order chi connectivity index (χ0) is 11.7. The van der Waals surface area contributed by atoms with Crippen LogP contribution in [0.15, 0.2) is 6.07 Å². The van der Waals surface area contributed by atoms with Crippen LogP contribution in [0.3, 0.4) is 0 Å². The molecule has 0 fully saturated rings. The van der Waals surface area contributed by atoms with Gasteiger partial charge in [0.15, 0.2) is 0 Å². The van der Waals surface area contributed by atoms with Gasteiger partial charge in [0, 0.05) is 12.4 Å². The van der Waals surface area contributed by atoms with Gasteiger partial charge in [-0.05, 0) is 19.9 Å². The van der Waals surface area contributed by atoms with Gasteiger partial charge in [0.1, 0.15) is 4.83 Å². The van der Waals surface area contributed by atoms with Gasteiger partial charge in [0.05, 0.1) is 17.2 Å². The molecule has 0 unspecified atom stereocenters. The van der Waals surface area contributed by atoms with E-state index < -0.39 is 0 Å². The molecular weight excluding hydrogens is 226 g/mol. The number of thiophene rings is 1. The molecule has 2 aromatic heterocycles. The Labute approximate surface area is 97.0 Å². The number of carbonyl (C=O) groups excluding carboxylic acids is 1. The Morgan fingerprint density at radius 1 is 1.69 bits per heavy atom. The molecular formula is C10H13N3O2S. The molecule has 0 aliphatic heterocycles. The van der Waals surface area contributed by atoms with Crippen LogP contribution in [0.5, 0.6) is 0 Å². The van der Waals surface area contributed by atoms with Crippen LogP contribution in [-0.4, -0.2) is 22.3 Å². The van der Waals surface area contributed by atoms with Gasteiger partial charge in [-0.3, -0.25) is 14.3 Å². The van der Waals surface area contributed by atoms with Crippen molar-refractivity contribution in [1.29, 1.82) is 0 Å². The number of aryl methyl sites for hydroxylation is 2. The normalized spacial score (nSPS) is 10.9. The number of hydrogen-bond acceptors (Lipinski definition) is 4. The lowest BCUT2D eigenvalue weighted by atomic mass is 10.3. The Morgan fingerprint density at radius 2 is 2.44 bits per heavy atom. The number of nitrogens with zero attached hydrogens (tertiary/aromatic N) is 2. The van der Waals surface area contributed by atoms with Crippen LogP contribution in [0.4, 0.5) is 0 Å². The molecule has 86 valence electrons. The molecule has 1 amide bonds. The van der Waals surface area contributed by atoms with Crippen molar-refractivity contribution < 1.29 is 9.63 Å². The second-order valence-electron chi connectivity index (χ2n) is 3.40. The fraction of sp³-hybridized carbons (Fsp3) is 0.400. The van der Waals surface area contributed by atoms with Gasteiger partial charge in [0.25, 0.3) is 5.91 Å². The van der Waals surface area contributed by atoms with Gasteiger partial charge in [0.2, 0.25) is 0 Å². The summed E-state index contributed by atoms with van der Waals surface area (Å²) in [6.07, 6.45) is 0. The first-order valence-corrected chi connectivity index (χ1v) is 5.80. The summed E-state index contributed by atoms with van der Waals surface area (Å²) in [7, 11) is 1.87. The Hall–Kier alpha value is -1.40. The van der Waals surface area contributed by atoms with Gasteiger partial charge in [-0.1, -0.05) is 0 Å². The highest BCUT2D eigenvalue weighted by atomic mass is 32.1. The van der Waals surface area contributed by atoms with Crippen LogP contribution in [0.2, 0.25) is 0 Å². The maximum absolute atomic E-state index is 11.6. The average molecular weight is 239 g/mol. The van der Waals surface area contributed by atoms with E-state index in [1.54, 1.807) is 4.68 Å². The van der Waals surface area contributed by atoms with Crippen molar-refractivity contribution in [2.75, 3.05) is 6.61 Å². The number of fused-ring (bicyclic) bond motifs is 1. The van der Waals surface area contributed by atoms with E-state index >= 15 is 0 Å². The molecule has 0 radical (unpaired) electrons. The quantitative estimate of drug-likeness (QED) is 0.828. The molecule has 0 bridgehead atoms. The first-order valence-electron chi connectivity index (χ1n) is 4.98.